The van der Waals surface area contributed by atoms with Crippen LogP contribution in [-0.4, -0.2) is 24.4 Å². The summed E-state index contributed by atoms with van der Waals surface area (Å²) in [5.74, 6) is 7.67. The molecule has 1 aromatic heterocycles. The number of ether oxygens (including phenoxy) is 3. The Kier molecular flexibility index (Phi) is 6.29. The lowest BCUT2D eigenvalue weighted by molar-refractivity contribution is 0.153. The van der Waals surface area contributed by atoms with Crippen LogP contribution in [-0.2, 0) is 11.3 Å². The van der Waals surface area contributed by atoms with Crippen LogP contribution in [0.1, 0.15) is 49.3 Å². The van der Waals surface area contributed by atoms with Crippen LogP contribution < -0.4 is 14.8 Å². The number of thiophene rings is 1. The highest BCUT2D eigenvalue weighted by Gasteiger charge is 2.33. The number of benzene rings is 2. The Bertz CT molecular complexity index is 1470. The van der Waals surface area contributed by atoms with Gasteiger partial charge >= 0.3 is 0 Å². The van der Waals surface area contributed by atoms with Gasteiger partial charge in [0.15, 0.2) is 11.5 Å². The van der Waals surface area contributed by atoms with Crippen molar-refractivity contribution < 1.29 is 19.3 Å². The molecule has 0 radical (unpaired) electrons. The smallest absolute Gasteiger partial charge is 0.172 e. The lowest BCUT2D eigenvalue weighted by Crippen LogP contribution is -2.32. The lowest BCUT2D eigenvalue weighted by atomic mass is 9.83. The van der Waals surface area contributed by atoms with Gasteiger partial charge < -0.3 is 24.6 Å². The molecule has 0 amide bonds. The summed E-state index contributed by atoms with van der Waals surface area (Å²) in [6, 6.07) is 9.64. The topological polar surface area (TPSA) is 60.0 Å². The Labute approximate surface area is 216 Å². The standard InChI is InChI=1S/C30H29NO4S/c1-6-7-13-34-17-19-12-14-36-25(19)15-24-27-20(28-23(35-24)11-10-22(32)29(28)33-5)8-9-21-26(27)18(2)16-30(3,4)31-21/h8-12,14-16,31-32H,13,17H2,1-5H3. The third-order valence-electron chi connectivity index (χ3n) is 6.32. The summed E-state index contributed by atoms with van der Waals surface area (Å²) in [6.45, 7) is 9.13. The van der Waals surface area contributed by atoms with Gasteiger partial charge in [0.2, 0.25) is 0 Å². The Morgan fingerprint density at radius 3 is 2.75 bits per heavy atom. The summed E-state index contributed by atoms with van der Waals surface area (Å²) >= 11 is 1.64. The van der Waals surface area contributed by atoms with Crippen molar-refractivity contribution >= 4 is 34.4 Å². The molecule has 6 heteroatoms. The number of hydrogen-bond acceptors (Lipinski definition) is 6. The predicted molar refractivity (Wildman–Crippen MR) is 147 cm³/mol. The van der Waals surface area contributed by atoms with E-state index in [0.717, 1.165) is 49.7 Å². The highest BCUT2D eigenvalue weighted by atomic mass is 32.1. The second kappa shape index (κ2) is 9.42. The van der Waals surface area contributed by atoms with Gasteiger partial charge in [-0.15, -0.1) is 17.3 Å². The minimum Gasteiger partial charge on any atom is -0.504 e. The number of anilines is 1. The first-order valence-electron chi connectivity index (χ1n) is 11.8. The molecule has 0 bridgehead atoms. The van der Waals surface area contributed by atoms with Gasteiger partial charge in [0.25, 0.3) is 0 Å². The molecule has 184 valence electrons. The molecule has 3 heterocycles. The molecule has 0 saturated heterocycles. The van der Waals surface area contributed by atoms with Crippen molar-refractivity contribution in [3.63, 3.8) is 0 Å². The van der Waals surface area contributed by atoms with Crippen molar-refractivity contribution in [2.45, 2.75) is 39.8 Å². The monoisotopic (exact) mass is 499 g/mol. The van der Waals surface area contributed by atoms with Crippen LogP contribution in [0.25, 0.3) is 28.5 Å². The van der Waals surface area contributed by atoms with E-state index in [1.165, 1.54) is 0 Å². The van der Waals surface area contributed by atoms with Crippen LogP contribution in [0.4, 0.5) is 5.69 Å². The normalized spacial score (nSPS) is 15.9. The van der Waals surface area contributed by atoms with Gasteiger partial charge in [-0.1, -0.05) is 18.1 Å². The van der Waals surface area contributed by atoms with E-state index in [-0.39, 0.29) is 11.3 Å². The van der Waals surface area contributed by atoms with Crippen molar-refractivity contribution in [3.8, 4) is 40.2 Å². The summed E-state index contributed by atoms with van der Waals surface area (Å²) in [5.41, 5.74) is 6.88. The lowest BCUT2D eigenvalue weighted by Gasteiger charge is -2.35. The van der Waals surface area contributed by atoms with Gasteiger partial charge in [0, 0.05) is 27.3 Å². The van der Waals surface area contributed by atoms with Crippen molar-refractivity contribution in [3.05, 3.63) is 63.4 Å². The van der Waals surface area contributed by atoms with E-state index in [2.05, 4.69) is 73.7 Å². The maximum absolute atomic E-state index is 10.5. The molecule has 0 spiro atoms. The van der Waals surface area contributed by atoms with Gasteiger partial charge in [-0.25, -0.2) is 0 Å². The second-order valence-corrected chi connectivity index (χ2v) is 10.4. The number of aromatic hydroxyl groups is 1. The predicted octanol–water partition coefficient (Wildman–Crippen LogP) is 7.17. The molecule has 36 heavy (non-hydrogen) atoms. The zero-order valence-corrected chi connectivity index (χ0v) is 21.9. The van der Waals surface area contributed by atoms with Crippen molar-refractivity contribution in [1.29, 1.82) is 0 Å². The van der Waals surface area contributed by atoms with E-state index < -0.39 is 0 Å². The molecule has 0 aliphatic carbocycles. The fourth-order valence-corrected chi connectivity index (χ4v) is 5.78. The largest absolute Gasteiger partial charge is 0.504 e. The number of methoxy groups -OCH3 is 1. The minimum absolute atomic E-state index is 0.0790. The van der Waals surface area contributed by atoms with Crippen LogP contribution in [0, 0.1) is 11.8 Å². The third kappa shape index (κ3) is 4.26. The van der Waals surface area contributed by atoms with Crippen LogP contribution in [0.3, 0.4) is 0 Å². The number of rotatable bonds is 5. The maximum atomic E-state index is 10.5. The van der Waals surface area contributed by atoms with Crippen LogP contribution in [0.15, 0.2) is 41.8 Å². The first-order valence-corrected chi connectivity index (χ1v) is 12.7. The Balaban J connectivity index is 1.71. The van der Waals surface area contributed by atoms with E-state index in [0.29, 0.717) is 24.7 Å². The van der Waals surface area contributed by atoms with Gasteiger partial charge in [0.05, 0.1) is 24.8 Å². The van der Waals surface area contributed by atoms with Crippen molar-refractivity contribution in [2.75, 3.05) is 19.0 Å². The number of allylic oxidation sites excluding steroid dienone is 1. The molecular formula is C30H29NO4S. The highest BCUT2D eigenvalue weighted by molar-refractivity contribution is 7.11. The molecule has 2 aliphatic rings. The van der Waals surface area contributed by atoms with E-state index in [9.17, 15) is 5.11 Å². The number of phenolic OH excluding ortho intramolecular Hbond substituents is 1. The first-order chi connectivity index (χ1) is 17.3. The fraction of sp³-hybridized carbons (Fsp3) is 0.267. The third-order valence-corrected chi connectivity index (χ3v) is 7.23. The number of fused-ring (bicyclic) bond motifs is 5. The number of hydrogen-bond donors (Lipinski definition) is 2. The molecule has 0 atom stereocenters. The van der Waals surface area contributed by atoms with E-state index >= 15 is 0 Å². The Morgan fingerprint density at radius 1 is 1.14 bits per heavy atom. The van der Waals surface area contributed by atoms with Crippen LogP contribution in [0.2, 0.25) is 0 Å². The van der Waals surface area contributed by atoms with Gasteiger partial charge in [-0.05, 0) is 74.6 Å². The molecular weight excluding hydrogens is 470 g/mol. The zero-order chi connectivity index (χ0) is 25.4. The molecule has 0 fully saturated rings. The van der Waals surface area contributed by atoms with Gasteiger partial charge in [-0.2, -0.15) is 0 Å². The summed E-state index contributed by atoms with van der Waals surface area (Å²) in [5, 5.41) is 16.2. The number of nitrogens with one attached hydrogen (secondary N) is 1. The molecule has 0 saturated carbocycles. The average Bonchev–Trinajstić information content (AvgIpc) is 3.27. The molecule has 2 aliphatic heterocycles. The quantitative estimate of drug-likeness (QED) is 0.288. The Morgan fingerprint density at radius 2 is 1.97 bits per heavy atom. The highest BCUT2D eigenvalue weighted by Crippen LogP contribution is 2.54. The van der Waals surface area contributed by atoms with Crippen LogP contribution >= 0.6 is 11.3 Å². The van der Waals surface area contributed by atoms with Crippen LogP contribution in [0.5, 0.6) is 17.2 Å². The zero-order valence-electron chi connectivity index (χ0n) is 21.1. The molecule has 3 aromatic rings. The van der Waals surface area contributed by atoms with E-state index in [4.69, 9.17) is 14.2 Å². The molecule has 0 unspecified atom stereocenters. The minimum atomic E-state index is -0.168. The second-order valence-electron chi connectivity index (χ2n) is 9.42. The maximum Gasteiger partial charge on any atom is 0.172 e. The summed E-state index contributed by atoms with van der Waals surface area (Å²) < 4.78 is 17.9. The summed E-state index contributed by atoms with van der Waals surface area (Å²) in [4.78, 5) is 1.07. The SMILES string of the molecule is CC#CCOCc1ccsc1C=C1Oc2ccc(O)c(OC)c2-c2ccc3c(c21)C(C)=CC(C)(C)N3. The molecule has 5 rings (SSSR count). The van der Waals surface area contributed by atoms with Gasteiger partial charge in [-0.3, -0.25) is 0 Å². The summed E-state index contributed by atoms with van der Waals surface area (Å²) in [6.07, 6.45) is 4.32. The van der Waals surface area contributed by atoms with E-state index in [1.807, 2.05) is 0 Å². The van der Waals surface area contributed by atoms with E-state index in [1.54, 1.807) is 37.5 Å². The molecule has 2 N–H and O–H groups in total. The van der Waals surface area contributed by atoms with Gasteiger partial charge in [0.1, 0.15) is 18.1 Å². The molecule has 2 aromatic carbocycles. The van der Waals surface area contributed by atoms with Crippen molar-refractivity contribution in [1.82, 2.24) is 0 Å². The molecule has 5 nitrogen and oxygen atoms in total. The Hall–Kier alpha value is -3.66. The average molecular weight is 500 g/mol. The first kappa shape index (κ1) is 24.1. The number of phenols is 1. The van der Waals surface area contributed by atoms with Crippen molar-refractivity contribution in [2.24, 2.45) is 0 Å². The fourth-order valence-electron chi connectivity index (χ4n) is 4.95. The summed E-state index contributed by atoms with van der Waals surface area (Å²) in [7, 11) is 1.56.